The van der Waals surface area contributed by atoms with E-state index in [1.165, 1.54) is 24.3 Å². The van der Waals surface area contributed by atoms with Crippen LogP contribution < -0.4 is 73.0 Å². The number of amides is 3. The van der Waals surface area contributed by atoms with Crippen molar-refractivity contribution in [2.75, 3.05) is 47.3 Å². The highest BCUT2D eigenvalue weighted by atomic mass is 35.5. The van der Waals surface area contributed by atoms with Gasteiger partial charge in [0.15, 0.2) is 0 Å². The second-order valence-corrected chi connectivity index (χ2v) is 29.6. The van der Waals surface area contributed by atoms with Gasteiger partial charge in [0.1, 0.15) is 52.0 Å². The fraction of sp³-hybridized carbons (Fsp3) is 0.0370. The predicted molar refractivity (Wildman–Crippen MR) is 434 cm³/mol. The maximum atomic E-state index is 13.3. The van der Waals surface area contributed by atoms with Gasteiger partial charge in [0.2, 0.25) is 30.1 Å². The van der Waals surface area contributed by atoms with E-state index in [4.69, 9.17) is 74.7 Å². The summed E-state index contributed by atoms with van der Waals surface area (Å²) in [6.07, 6.45) is 0. The van der Waals surface area contributed by atoms with Crippen LogP contribution in [0.2, 0.25) is 5.02 Å². The first-order chi connectivity index (χ1) is 52.8. The van der Waals surface area contributed by atoms with Crippen LogP contribution in [0.3, 0.4) is 0 Å². The number of sulfonamides is 3. The number of nitrogens with one attached hydrogen (secondary N) is 7. The molecule has 12 aromatic rings. The van der Waals surface area contributed by atoms with Crippen LogP contribution >= 0.6 is 11.6 Å². The number of primary sulfonamides is 3. The molecule has 0 unspecified atom stereocenters. The molecular formula is C81H73ClN14O12S3. The number of anilines is 5. The van der Waals surface area contributed by atoms with Crippen molar-refractivity contribution in [2.24, 2.45) is 32.6 Å². The van der Waals surface area contributed by atoms with E-state index in [1.807, 2.05) is 19.0 Å². The molecule has 3 amide bonds. The van der Waals surface area contributed by atoms with E-state index in [-0.39, 0.29) is 49.1 Å². The maximum absolute atomic E-state index is 13.3. The number of carbonyl (C=O) groups excluding carboxylic acids is 3. The van der Waals surface area contributed by atoms with Crippen LogP contribution in [0.4, 0.5) is 28.4 Å². The van der Waals surface area contributed by atoms with Gasteiger partial charge in [-0.3, -0.25) is 30.6 Å². The van der Waals surface area contributed by atoms with Gasteiger partial charge in [-0.05, 0) is 144 Å². The van der Waals surface area contributed by atoms with Crippen molar-refractivity contribution in [3.8, 4) is 67.9 Å². The molecular weight excluding hydrogens is 1490 g/mol. The largest absolute Gasteiger partial charge is 0.456 e. The van der Waals surface area contributed by atoms with Crippen LogP contribution in [0, 0.1) is 16.2 Å². The molecule has 111 heavy (non-hydrogen) atoms. The lowest BCUT2D eigenvalue weighted by atomic mass is 10.1. The number of hydrogen-bond acceptors (Lipinski definition) is 17. The lowest BCUT2D eigenvalue weighted by Gasteiger charge is -2.17. The van der Waals surface area contributed by atoms with Gasteiger partial charge >= 0.3 is 0 Å². The molecule has 0 aromatic heterocycles. The predicted octanol–water partition coefficient (Wildman–Crippen LogP) is 13.8. The summed E-state index contributed by atoms with van der Waals surface area (Å²) in [7, 11) is -6.19. The summed E-state index contributed by atoms with van der Waals surface area (Å²) >= 11 is 6.13. The van der Waals surface area contributed by atoms with Crippen LogP contribution in [-0.2, 0) is 30.1 Å². The fourth-order valence-corrected chi connectivity index (χ4v) is 13.4. The molecule has 0 radical (unpaired) electrons. The zero-order valence-corrected chi connectivity index (χ0v) is 62.6. The lowest BCUT2D eigenvalue weighted by molar-refractivity contribution is 0.101. The third-order valence-corrected chi connectivity index (χ3v) is 19.6. The summed E-state index contributed by atoms with van der Waals surface area (Å²) in [4.78, 5) is 41.5. The van der Waals surface area contributed by atoms with Gasteiger partial charge in [-0.25, -0.2) is 40.7 Å². The minimum absolute atomic E-state index is 0.0126. The number of rotatable bonds is 23. The monoisotopic (exact) mass is 1560 g/mol. The number of nitrogen functional groups attached to an aromatic ring is 3. The first kappa shape index (κ1) is 80.0. The molecule has 0 saturated carbocycles. The second-order valence-electron chi connectivity index (χ2n) is 24.5. The first-order valence-electron chi connectivity index (χ1n) is 33.2. The van der Waals surface area contributed by atoms with Gasteiger partial charge in [0.25, 0.3) is 17.7 Å². The number of hydrogen-bond donors (Lipinski definition) is 13. The van der Waals surface area contributed by atoms with Crippen molar-refractivity contribution in [3.05, 3.63) is 311 Å². The Labute approximate surface area is 645 Å². The number of ether oxygens (including phenoxy) is 3. The number of amidine groups is 3. The Hall–Kier alpha value is -13.5. The minimum atomic E-state index is -3.90. The molecule has 0 aliphatic carbocycles. The van der Waals surface area contributed by atoms with E-state index >= 15 is 0 Å². The van der Waals surface area contributed by atoms with Gasteiger partial charge in [-0.2, -0.15) is 0 Å². The van der Waals surface area contributed by atoms with E-state index in [9.17, 15) is 39.6 Å². The highest BCUT2D eigenvalue weighted by Crippen LogP contribution is 2.37. The Morgan fingerprint density at radius 2 is 0.658 bits per heavy atom. The number of halogens is 1. The van der Waals surface area contributed by atoms with Crippen molar-refractivity contribution in [1.82, 2.24) is 0 Å². The van der Waals surface area contributed by atoms with Gasteiger partial charge in [0.05, 0.1) is 31.4 Å². The second kappa shape index (κ2) is 35.0. The van der Waals surface area contributed by atoms with E-state index in [0.717, 1.165) is 11.4 Å². The summed E-state index contributed by atoms with van der Waals surface area (Å²) in [6, 6.07) is 74.6. The molecule has 19 N–H and O–H groups in total. The van der Waals surface area contributed by atoms with Gasteiger partial charge in [-0.15, -0.1) is 0 Å². The molecule has 12 rings (SSSR count). The number of nitrogens with two attached hydrogens (primary N) is 6. The van der Waals surface area contributed by atoms with Crippen LogP contribution in [0.1, 0.15) is 47.8 Å². The van der Waals surface area contributed by atoms with Gasteiger partial charge in [0, 0.05) is 106 Å². The maximum Gasteiger partial charge on any atom is 0.259 e. The van der Waals surface area contributed by atoms with Crippen molar-refractivity contribution < 1.29 is 53.8 Å². The first-order valence-corrected chi connectivity index (χ1v) is 38.2. The van der Waals surface area contributed by atoms with E-state index in [0.29, 0.717) is 106 Å². The molecule has 0 atom stereocenters. The summed E-state index contributed by atoms with van der Waals surface area (Å²) < 4.78 is 89.6. The highest BCUT2D eigenvalue weighted by molar-refractivity contribution is 7.89. The Morgan fingerprint density at radius 3 is 0.973 bits per heavy atom. The molecule has 26 nitrogen and oxygen atoms in total. The van der Waals surface area contributed by atoms with Gasteiger partial charge < -0.3 is 57.6 Å². The molecule has 0 aliphatic heterocycles. The molecule has 0 saturated heterocycles. The molecule has 0 aliphatic rings. The van der Waals surface area contributed by atoms with Crippen LogP contribution in [0.15, 0.2) is 288 Å². The Kier molecular flexibility index (Phi) is 25.2. The van der Waals surface area contributed by atoms with Crippen LogP contribution in [0.25, 0.3) is 33.4 Å². The summed E-state index contributed by atoms with van der Waals surface area (Å²) in [5.41, 5.74) is 25.4. The molecule has 0 fully saturated rings. The third-order valence-electron chi connectivity index (χ3n) is 16.5. The smallest absolute Gasteiger partial charge is 0.259 e. The molecule has 564 valence electrons. The quantitative estimate of drug-likeness (QED) is 0.0209. The Morgan fingerprint density at radius 1 is 0.360 bits per heavy atom. The number of nitrogens with zero attached hydrogens (tertiary/aromatic N) is 1. The Bertz CT molecular complexity index is 5920. The number of carbonyl (C=O) groups is 3. The Balaban J connectivity index is 0.000000177. The minimum Gasteiger partial charge on any atom is -0.456 e. The third kappa shape index (κ3) is 21.0. The molecule has 0 spiro atoms. The molecule has 30 heteroatoms. The average molecular weight is 1570 g/mol. The van der Waals surface area contributed by atoms with Gasteiger partial charge in [-0.1, -0.05) is 139 Å². The zero-order chi connectivity index (χ0) is 79.9. The standard InChI is InChI=1S/C28H27N5O4S.C27H25N5O4S.C26H21ClN4O4S/c1-33(2)21-14-15-24(25(17-21)37-22-7-5-6-19(16-22)27(29)30)28(34)32-20-12-10-18(11-13-20)23-8-3-4-9-26(23)38(31,35)36;1-31-20-13-14-23(24(16-20)36-21-6-4-5-18(15-21)26(28)29)27(33)32-19-11-9-17(10-12-19)22-7-2-3-8-25(22)37(30,34)35;27-18-10-13-22(23(15-18)35-20-5-3-4-17(14-20)25(28)29)26(32)31-19-11-8-16(9-12-19)21-6-1-2-7-24(21)36(30,33)34/h3-17H,1-2H3,(H3,29,30)(H,32,34)(H2,31,35,36);2-16,31H,1H3,(H3,28,29)(H,32,33)(H2,30,34,35);1-15H,(H3,28,29)(H,31,32)(H2,30,33,34). The normalized spacial score (nSPS) is 11.0. The van der Waals surface area contributed by atoms with Crippen molar-refractivity contribution in [2.45, 2.75) is 14.7 Å². The van der Waals surface area contributed by atoms with Crippen LogP contribution in [-0.4, -0.2) is 81.6 Å². The fourth-order valence-electron chi connectivity index (χ4n) is 11.0. The topological polar surface area (TPSA) is 460 Å². The summed E-state index contributed by atoms with van der Waals surface area (Å²) in [5, 5.41) is 50.8. The van der Waals surface area contributed by atoms with E-state index in [1.54, 1.807) is 256 Å². The van der Waals surface area contributed by atoms with Crippen molar-refractivity contribution in [3.63, 3.8) is 0 Å². The molecule has 12 aromatic carbocycles. The summed E-state index contributed by atoms with van der Waals surface area (Å²) in [6.45, 7) is 0. The van der Waals surface area contributed by atoms with Crippen molar-refractivity contribution >= 4 is 105 Å². The molecule has 0 heterocycles. The lowest BCUT2D eigenvalue weighted by Crippen LogP contribution is -2.15. The molecule has 0 bridgehead atoms. The zero-order valence-electron chi connectivity index (χ0n) is 59.4. The van der Waals surface area contributed by atoms with E-state index in [2.05, 4.69) is 21.3 Å². The SMILES string of the molecule is CN(C)c1ccc(C(=O)Nc2ccc(-c3ccccc3S(N)(=O)=O)cc2)c(Oc2cccc(C(=N)N)c2)c1.CNc1ccc(C(=O)Nc2ccc(-c3ccccc3S(N)(=O)=O)cc2)c(Oc2cccc(C(=N)N)c2)c1.N=C(N)c1cccc(Oc2cc(Cl)ccc2C(=O)Nc2ccc(-c3ccccc3S(N)(=O)=O)cc2)c1. The van der Waals surface area contributed by atoms with Crippen molar-refractivity contribution in [1.29, 1.82) is 16.2 Å². The van der Waals surface area contributed by atoms with E-state index < -0.39 is 47.8 Å². The number of benzene rings is 12. The highest BCUT2D eigenvalue weighted by Gasteiger charge is 2.23. The summed E-state index contributed by atoms with van der Waals surface area (Å²) in [5.74, 6) is 0.556. The average Bonchev–Trinajstić information content (AvgIpc) is 0.823. The van der Waals surface area contributed by atoms with Crippen LogP contribution in [0.5, 0.6) is 34.5 Å².